The van der Waals surface area contributed by atoms with Crippen LogP contribution in [-0.4, -0.2) is 21.5 Å². The second-order valence-electron chi connectivity index (χ2n) is 6.41. The Balaban J connectivity index is 1.51. The summed E-state index contributed by atoms with van der Waals surface area (Å²) in [6.07, 6.45) is 4.42. The van der Waals surface area contributed by atoms with Gasteiger partial charge in [0.15, 0.2) is 0 Å². The number of benzene rings is 2. The lowest BCUT2D eigenvalue weighted by Crippen LogP contribution is -2.23. The zero-order valence-electron chi connectivity index (χ0n) is 13.4. The highest BCUT2D eigenvalue weighted by atomic mass is 16.1. The fourth-order valence-electron chi connectivity index (χ4n) is 3.37. The summed E-state index contributed by atoms with van der Waals surface area (Å²) in [6, 6.07) is 16.0. The van der Waals surface area contributed by atoms with Crippen LogP contribution >= 0.6 is 0 Å². The number of anilines is 1. The molecule has 2 unspecified atom stereocenters. The minimum Gasteiger partial charge on any atom is -0.328 e. The van der Waals surface area contributed by atoms with Gasteiger partial charge in [0.25, 0.3) is 0 Å². The number of imidazole rings is 1. The van der Waals surface area contributed by atoms with Gasteiger partial charge in [-0.3, -0.25) is 9.36 Å². The van der Waals surface area contributed by atoms with E-state index in [1.54, 1.807) is 0 Å². The highest BCUT2D eigenvalue weighted by molar-refractivity contribution is 5.92. The minimum absolute atomic E-state index is 0.0391. The molecule has 1 amide bonds. The molecule has 0 aliphatic heterocycles. The molecule has 0 bridgehead atoms. The van der Waals surface area contributed by atoms with Crippen LogP contribution in [0.2, 0.25) is 0 Å². The fraction of sp³-hybridized carbons (Fsp3) is 0.263. The summed E-state index contributed by atoms with van der Waals surface area (Å²) in [5.74, 6) is 0.112. The molecule has 1 aliphatic carbocycles. The number of nitrogens with zero attached hydrogens (tertiary/aromatic N) is 2. The molecule has 2 aromatic carbocycles. The average molecular weight is 320 g/mol. The predicted octanol–water partition coefficient (Wildman–Crippen LogP) is 3.09. The Morgan fingerprint density at radius 3 is 2.67 bits per heavy atom. The normalized spacial score (nSPS) is 20.4. The lowest BCUT2D eigenvalue weighted by Gasteiger charge is -2.11. The van der Waals surface area contributed by atoms with Crippen LogP contribution in [0.5, 0.6) is 0 Å². The molecule has 122 valence electrons. The lowest BCUT2D eigenvalue weighted by atomic mass is 10.1. The molecular formula is C19H20N4O. The van der Waals surface area contributed by atoms with Gasteiger partial charge in [0.05, 0.1) is 11.0 Å². The van der Waals surface area contributed by atoms with Crippen LogP contribution < -0.4 is 11.1 Å². The van der Waals surface area contributed by atoms with Crippen LogP contribution in [0.1, 0.15) is 19.3 Å². The second kappa shape index (κ2) is 6.09. The first-order valence-electron chi connectivity index (χ1n) is 8.30. The van der Waals surface area contributed by atoms with Crippen molar-refractivity contribution in [3.63, 3.8) is 0 Å². The van der Waals surface area contributed by atoms with Crippen molar-refractivity contribution in [2.75, 3.05) is 5.32 Å². The fourth-order valence-corrected chi connectivity index (χ4v) is 3.37. The third-order valence-corrected chi connectivity index (χ3v) is 4.71. The van der Waals surface area contributed by atoms with Gasteiger partial charge in [0, 0.05) is 23.3 Å². The van der Waals surface area contributed by atoms with Crippen LogP contribution in [0.4, 0.5) is 5.69 Å². The van der Waals surface area contributed by atoms with Gasteiger partial charge in [0.2, 0.25) is 5.91 Å². The molecule has 0 radical (unpaired) electrons. The molecule has 1 heterocycles. The van der Waals surface area contributed by atoms with Crippen LogP contribution in [0, 0.1) is 5.92 Å². The second-order valence-corrected chi connectivity index (χ2v) is 6.41. The van der Waals surface area contributed by atoms with Crippen molar-refractivity contribution in [3.05, 3.63) is 54.9 Å². The number of hydrogen-bond donors (Lipinski definition) is 2. The molecule has 1 saturated carbocycles. The van der Waals surface area contributed by atoms with Crippen molar-refractivity contribution < 1.29 is 4.79 Å². The number of nitrogens with two attached hydrogens (primary N) is 1. The third kappa shape index (κ3) is 2.78. The zero-order valence-corrected chi connectivity index (χ0v) is 13.4. The molecule has 3 aromatic rings. The maximum absolute atomic E-state index is 12.3. The molecule has 5 nitrogen and oxygen atoms in total. The van der Waals surface area contributed by atoms with Gasteiger partial charge in [-0.15, -0.1) is 0 Å². The van der Waals surface area contributed by atoms with E-state index in [4.69, 9.17) is 5.73 Å². The van der Waals surface area contributed by atoms with Crippen molar-refractivity contribution in [3.8, 4) is 5.69 Å². The van der Waals surface area contributed by atoms with Gasteiger partial charge >= 0.3 is 0 Å². The number of fused-ring (bicyclic) bond motifs is 1. The number of carbonyl (C=O) groups is 1. The molecule has 1 aliphatic rings. The van der Waals surface area contributed by atoms with E-state index in [9.17, 15) is 4.79 Å². The van der Waals surface area contributed by atoms with Crippen LogP contribution in [0.15, 0.2) is 54.9 Å². The number of para-hydroxylation sites is 2. The van der Waals surface area contributed by atoms with Crippen LogP contribution in [0.25, 0.3) is 16.7 Å². The van der Waals surface area contributed by atoms with Crippen molar-refractivity contribution in [2.45, 2.75) is 25.3 Å². The zero-order chi connectivity index (χ0) is 16.5. The monoisotopic (exact) mass is 320 g/mol. The first-order valence-corrected chi connectivity index (χ1v) is 8.30. The maximum atomic E-state index is 12.3. The Labute approximate surface area is 140 Å². The molecule has 0 saturated heterocycles. The van der Waals surface area contributed by atoms with E-state index in [1.807, 2.05) is 59.4 Å². The molecule has 4 rings (SSSR count). The smallest absolute Gasteiger partial charge is 0.227 e. The van der Waals surface area contributed by atoms with Crippen molar-refractivity contribution in [1.29, 1.82) is 0 Å². The van der Waals surface area contributed by atoms with E-state index in [2.05, 4.69) is 10.3 Å². The van der Waals surface area contributed by atoms with E-state index in [-0.39, 0.29) is 17.9 Å². The molecule has 0 spiro atoms. The highest BCUT2D eigenvalue weighted by Crippen LogP contribution is 2.26. The van der Waals surface area contributed by atoms with Gasteiger partial charge in [-0.1, -0.05) is 12.1 Å². The molecule has 1 aromatic heterocycles. The SMILES string of the molecule is NC1CCC(C(=O)Nc2ccc(-n3cnc4ccccc43)cc2)C1. The van der Waals surface area contributed by atoms with E-state index >= 15 is 0 Å². The Kier molecular flexibility index (Phi) is 3.78. The summed E-state index contributed by atoms with van der Waals surface area (Å²) < 4.78 is 2.04. The average Bonchev–Trinajstić information content (AvgIpc) is 3.22. The molecule has 24 heavy (non-hydrogen) atoms. The maximum Gasteiger partial charge on any atom is 0.227 e. The van der Waals surface area contributed by atoms with Crippen LogP contribution in [-0.2, 0) is 4.79 Å². The molecule has 3 N–H and O–H groups in total. The Morgan fingerprint density at radius 2 is 1.92 bits per heavy atom. The Morgan fingerprint density at radius 1 is 1.12 bits per heavy atom. The summed E-state index contributed by atoms with van der Waals surface area (Å²) in [7, 11) is 0. The van der Waals surface area contributed by atoms with E-state index < -0.39 is 0 Å². The summed E-state index contributed by atoms with van der Waals surface area (Å²) in [4.78, 5) is 16.7. The lowest BCUT2D eigenvalue weighted by molar-refractivity contribution is -0.119. The predicted molar refractivity (Wildman–Crippen MR) is 95.0 cm³/mol. The van der Waals surface area contributed by atoms with Gasteiger partial charge in [-0.05, 0) is 55.7 Å². The molecular weight excluding hydrogens is 300 g/mol. The molecule has 1 fully saturated rings. The number of nitrogens with one attached hydrogen (secondary N) is 1. The quantitative estimate of drug-likeness (QED) is 0.779. The van der Waals surface area contributed by atoms with Crippen molar-refractivity contribution >= 4 is 22.6 Å². The van der Waals surface area contributed by atoms with E-state index in [1.165, 1.54) is 0 Å². The first-order chi connectivity index (χ1) is 11.7. The number of aromatic nitrogens is 2. The number of hydrogen-bond acceptors (Lipinski definition) is 3. The van der Waals surface area contributed by atoms with Crippen molar-refractivity contribution in [2.24, 2.45) is 11.7 Å². The largest absolute Gasteiger partial charge is 0.328 e. The summed E-state index contributed by atoms with van der Waals surface area (Å²) in [5.41, 5.74) is 9.75. The third-order valence-electron chi connectivity index (χ3n) is 4.71. The summed E-state index contributed by atoms with van der Waals surface area (Å²) >= 11 is 0. The van der Waals surface area contributed by atoms with E-state index in [0.29, 0.717) is 0 Å². The summed E-state index contributed by atoms with van der Waals surface area (Å²) in [5, 5.41) is 2.99. The minimum atomic E-state index is 0.0391. The molecule has 2 atom stereocenters. The molecule has 5 heteroatoms. The number of rotatable bonds is 3. The van der Waals surface area contributed by atoms with Gasteiger partial charge in [0.1, 0.15) is 6.33 Å². The topological polar surface area (TPSA) is 72.9 Å². The number of carbonyl (C=O) groups excluding carboxylic acids is 1. The van der Waals surface area contributed by atoms with Crippen molar-refractivity contribution in [1.82, 2.24) is 9.55 Å². The Hall–Kier alpha value is -2.66. The van der Waals surface area contributed by atoms with Crippen LogP contribution in [0.3, 0.4) is 0 Å². The Bertz CT molecular complexity index is 868. The van der Waals surface area contributed by atoms with Gasteiger partial charge in [-0.25, -0.2) is 4.98 Å². The number of amides is 1. The first kappa shape index (κ1) is 14.9. The van der Waals surface area contributed by atoms with Gasteiger partial charge < -0.3 is 11.1 Å². The highest BCUT2D eigenvalue weighted by Gasteiger charge is 2.27. The van der Waals surface area contributed by atoms with E-state index in [0.717, 1.165) is 41.7 Å². The van der Waals surface area contributed by atoms with Gasteiger partial charge in [-0.2, -0.15) is 0 Å². The summed E-state index contributed by atoms with van der Waals surface area (Å²) in [6.45, 7) is 0. The standard InChI is InChI=1S/C19H20N4O/c20-14-6-5-13(11-14)19(24)22-15-7-9-16(10-8-15)23-12-21-17-3-1-2-4-18(17)23/h1-4,7-10,12-14H,5-6,11,20H2,(H,22,24).